The Hall–Kier alpha value is -1.82. The molecule has 0 radical (unpaired) electrons. The number of aromatic nitrogens is 1. The summed E-state index contributed by atoms with van der Waals surface area (Å²) in [6.45, 7) is 2.63. The van der Waals surface area contributed by atoms with Crippen molar-refractivity contribution in [1.82, 2.24) is 15.2 Å². The second-order valence-corrected chi connectivity index (χ2v) is 4.42. The predicted octanol–water partition coefficient (Wildman–Crippen LogP) is 1.09. The highest BCUT2D eigenvalue weighted by molar-refractivity contribution is 6.30. The van der Waals surface area contributed by atoms with Crippen LogP contribution in [-0.2, 0) is 4.79 Å². The molecule has 1 fully saturated rings. The third kappa shape index (κ3) is 2.70. The van der Waals surface area contributed by atoms with Crippen LogP contribution in [0, 0.1) is 0 Å². The maximum Gasteiger partial charge on any atom is 0.322 e. The van der Waals surface area contributed by atoms with Crippen LogP contribution in [0.1, 0.15) is 6.92 Å². The van der Waals surface area contributed by atoms with E-state index in [1.54, 1.807) is 13.0 Å². The van der Waals surface area contributed by atoms with Gasteiger partial charge in [0.2, 0.25) is 5.91 Å². The fourth-order valence-corrected chi connectivity index (χ4v) is 1.91. The summed E-state index contributed by atoms with van der Waals surface area (Å²) < 4.78 is 0. The lowest BCUT2D eigenvalue weighted by Gasteiger charge is -2.32. The van der Waals surface area contributed by atoms with Gasteiger partial charge in [-0.15, -0.1) is 0 Å². The van der Waals surface area contributed by atoms with E-state index in [1.165, 1.54) is 17.3 Å². The smallest absolute Gasteiger partial charge is 0.322 e. The monoisotopic (exact) mass is 268 g/mol. The van der Waals surface area contributed by atoms with Gasteiger partial charge in [0, 0.05) is 19.3 Å². The molecule has 96 valence electrons. The van der Waals surface area contributed by atoms with Gasteiger partial charge in [-0.2, -0.15) is 0 Å². The van der Waals surface area contributed by atoms with Crippen LogP contribution in [0.2, 0.25) is 5.02 Å². The van der Waals surface area contributed by atoms with E-state index in [1.807, 2.05) is 0 Å². The molecule has 1 aliphatic rings. The molecule has 6 nitrogen and oxygen atoms in total. The Kier molecular flexibility index (Phi) is 3.66. The maximum absolute atomic E-state index is 12.0. The highest BCUT2D eigenvalue weighted by atomic mass is 35.5. The molecule has 1 saturated heterocycles. The van der Waals surface area contributed by atoms with E-state index in [-0.39, 0.29) is 11.9 Å². The molecule has 2 rings (SSSR count). The Labute approximate surface area is 109 Å². The Balaban J connectivity index is 2.05. The summed E-state index contributed by atoms with van der Waals surface area (Å²) in [6, 6.07) is 0.786. The van der Waals surface area contributed by atoms with Crippen LogP contribution in [0.5, 0.6) is 0 Å². The molecule has 3 amide bonds. The van der Waals surface area contributed by atoms with Crippen molar-refractivity contribution < 1.29 is 9.59 Å². The highest BCUT2D eigenvalue weighted by Gasteiger charge is 2.29. The van der Waals surface area contributed by atoms with Crippen molar-refractivity contribution in [3.63, 3.8) is 0 Å². The minimum absolute atomic E-state index is 0.152. The molecule has 1 unspecified atom stereocenters. The lowest BCUT2D eigenvalue weighted by Crippen LogP contribution is -2.56. The van der Waals surface area contributed by atoms with Gasteiger partial charge in [-0.1, -0.05) is 11.6 Å². The number of carbonyl (C=O) groups is 2. The molecular weight excluding hydrogens is 256 g/mol. The molecule has 7 heteroatoms. The predicted molar refractivity (Wildman–Crippen MR) is 67.4 cm³/mol. The highest BCUT2D eigenvalue weighted by Crippen LogP contribution is 2.14. The molecule has 1 aromatic rings. The van der Waals surface area contributed by atoms with Gasteiger partial charge < -0.3 is 15.5 Å². The Morgan fingerprint density at radius 2 is 2.39 bits per heavy atom. The molecule has 1 aliphatic heterocycles. The summed E-state index contributed by atoms with van der Waals surface area (Å²) in [5.41, 5.74) is 0.505. The van der Waals surface area contributed by atoms with Crippen molar-refractivity contribution in [3.05, 3.63) is 23.5 Å². The van der Waals surface area contributed by atoms with Crippen LogP contribution in [-0.4, -0.2) is 41.0 Å². The first-order chi connectivity index (χ1) is 8.58. The summed E-state index contributed by atoms with van der Waals surface area (Å²) in [5.74, 6) is -0.152. The molecule has 1 aromatic heterocycles. The van der Waals surface area contributed by atoms with Crippen LogP contribution in [0.4, 0.5) is 10.5 Å². The quantitative estimate of drug-likeness (QED) is 0.801. The van der Waals surface area contributed by atoms with Crippen LogP contribution in [0.25, 0.3) is 0 Å². The number of nitrogens with one attached hydrogen (secondary N) is 2. The van der Waals surface area contributed by atoms with Crippen LogP contribution in [0.3, 0.4) is 0 Å². The average molecular weight is 269 g/mol. The number of urea groups is 1. The largest absolute Gasteiger partial charge is 0.353 e. The van der Waals surface area contributed by atoms with Crippen LogP contribution < -0.4 is 10.6 Å². The van der Waals surface area contributed by atoms with Crippen molar-refractivity contribution >= 4 is 29.2 Å². The Bertz CT molecular complexity index is 480. The van der Waals surface area contributed by atoms with Crippen molar-refractivity contribution in [2.75, 3.05) is 18.4 Å². The van der Waals surface area contributed by atoms with E-state index >= 15 is 0 Å². The molecule has 2 heterocycles. The molecule has 0 spiro atoms. The molecule has 18 heavy (non-hydrogen) atoms. The second kappa shape index (κ2) is 5.22. The van der Waals surface area contributed by atoms with Gasteiger partial charge in [0.25, 0.3) is 0 Å². The first-order valence-corrected chi connectivity index (χ1v) is 5.91. The van der Waals surface area contributed by atoms with Gasteiger partial charge in [-0.25, -0.2) is 4.79 Å². The number of halogens is 1. The van der Waals surface area contributed by atoms with E-state index in [0.717, 1.165) is 0 Å². The maximum atomic E-state index is 12.0. The number of amides is 3. The number of carbonyl (C=O) groups excluding carboxylic acids is 2. The summed E-state index contributed by atoms with van der Waals surface area (Å²) in [6.07, 6.45) is 2.98. The van der Waals surface area contributed by atoms with Gasteiger partial charge in [0.05, 0.1) is 16.9 Å². The van der Waals surface area contributed by atoms with Gasteiger partial charge in [0.15, 0.2) is 0 Å². The number of hydrogen-bond donors (Lipinski definition) is 2. The van der Waals surface area contributed by atoms with Gasteiger partial charge in [-0.05, 0) is 13.0 Å². The van der Waals surface area contributed by atoms with E-state index < -0.39 is 6.04 Å². The van der Waals surface area contributed by atoms with Gasteiger partial charge >= 0.3 is 6.03 Å². The normalized spacial score (nSPS) is 19.3. The van der Waals surface area contributed by atoms with E-state index in [0.29, 0.717) is 23.8 Å². The molecular formula is C11H13ClN4O2. The molecule has 1 atom stereocenters. The zero-order chi connectivity index (χ0) is 13.1. The Morgan fingerprint density at radius 3 is 3.11 bits per heavy atom. The van der Waals surface area contributed by atoms with Crippen molar-refractivity contribution in [3.8, 4) is 0 Å². The fourth-order valence-electron chi connectivity index (χ4n) is 1.74. The topological polar surface area (TPSA) is 74.3 Å². The Morgan fingerprint density at radius 1 is 1.61 bits per heavy atom. The van der Waals surface area contributed by atoms with E-state index in [9.17, 15) is 9.59 Å². The molecule has 0 aromatic carbocycles. The number of piperazine rings is 1. The van der Waals surface area contributed by atoms with Crippen molar-refractivity contribution in [1.29, 1.82) is 0 Å². The second-order valence-electron chi connectivity index (χ2n) is 3.98. The van der Waals surface area contributed by atoms with Crippen molar-refractivity contribution in [2.24, 2.45) is 0 Å². The number of pyridine rings is 1. The number of hydrogen-bond acceptors (Lipinski definition) is 3. The van der Waals surface area contributed by atoms with Crippen LogP contribution in [0.15, 0.2) is 18.5 Å². The van der Waals surface area contributed by atoms with Crippen molar-refractivity contribution in [2.45, 2.75) is 13.0 Å². The third-order valence-corrected chi connectivity index (χ3v) is 2.92. The minimum Gasteiger partial charge on any atom is -0.353 e. The van der Waals surface area contributed by atoms with Gasteiger partial charge in [0.1, 0.15) is 6.04 Å². The number of nitrogens with zero attached hydrogens (tertiary/aromatic N) is 2. The molecule has 0 aliphatic carbocycles. The minimum atomic E-state index is -0.481. The number of anilines is 1. The fraction of sp³-hybridized carbons (Fsp3) is 0.364. The third-order valence-electron chi connectivity index (χ3n) is 2.72. The summed E-state index contributed by atoms with van der Waals surface area (Å²) in [4.78, 5) is 28.8. The first-order valence-electron chi connectivity index (χ1n) is 5.54. The molecule has 2 N–H and O–H groups in total. The standard InChI is InChI=1S/C11H13ClN4O2/c1-7-10(17)14-2-3-16(7)11(18)15-9-4-8(12)5-13-6-9/h4-7H,2-3H2,1H3,(H,14,17)(H,15,18). The van der Waals surface area contributed by atoms with Gasteiger partial charge in [-0.3, -0.25) is 9.78 Å². The first kappa shape index (κ1) is 12.6. The summed E-state index contributed by atoms with van der Waals surface area (Å²) in [5, 5.41) is 5.80. The lowest BCUT2D eigenvalue weighted by molar-refractivity contribution is -0.126. The molecule has 0 bridgehead atoms. The SMILES string of the molecule is CC1C(=O)NCCN1C(=O)Nc1cncc(Cl)c1. The number of rotatable bonds is 1. The zero-order valence-corrected chi connectivity index (χ0v) is 10.6. The summed E-state index contributed by atoms with van der Waals surface area (Å²) >= 11 is 5.77. The van der Waals surface area contributed by atoms with E-state index in [4.69, 9.17) is 11.6 Å². The zero-order valence-electron chi connectivity index (χ0n) is 9.81. The molecule has 0 saturated carbocycles. The van der Waals surface area contributed by atoms with E-state index in [2.05, 4.69) is 15.6 Å². The summed E-state index contributed by atoms with van der Waals surface area (Å²) in [7, 11) is 0. The lowest BCUT2D eigenvalue weighted by atomic mass is 10.2. The average Bonchev–Trinajstić information content (AvgIpc) is 2.32. The van der Waals surface area contributed by atoms with Crippen LogP contribution >= 0.6 is 11.6 Å².